The smallest absolute Gasteiger partial charge is 0.440 e. The summed E-state index contributed by atoms with van der Waals surface area (Å²) in [5, 5.41) is 4.19. The second kappa shape index (κ2) is 16.7. The molecule has 1 aliphatic carbocycles. The van der Waals surface area contributed by atoms with E-state index in [1.165, 1.54) is 29.8 Å². The minimum Gasteiger partial charge on any atom is -0.440 e. The summed E-state index contributed by atoms with van der Waals surface area (Å²) in [7, 11) is -0.446. The number of carbonyl (C=O) groups excluding carboxylic acids is 2. The van der Waals surface area contributed by atoms with E-state index in [9.17, 15) is 9.59 Å². The van der Waals surface area contributed by atoms with Gasteiger partial charge in [-0.25, -0.2) is 0 Å². The maximum Gasteiger partial charge on any atom is 2.00 e. The standard InChI is InChI=1S/C18H15P.C6H6O2.C5H5.Co/c1-4-10-16(11-5-1)19(17-12-6-2-7-13-17)18-14-8-3-9-15-18;1-5(3-7)6(2)4-8;1-2-4-5-3-1;/h1-15H;1-2H3;1-5H;/q;-2;;+2/b;6-5-;;. The molecule has 0 aromatic heterocycles. The summed E-state index contributed by atoms with van der Waals surface area (Å²) in [6.45, 7) is 3.04. The van der Waals surface area contributed by atoms with Crippen LogP contribution in [0, 0.1) is 6.42 Å². The molecule has 0 unspecified atom stereocenters. The average molecular weight is 496 g/mol. The minimum absolute atomic E-state index is 0. The van der Waals surface area contributed by atoms with E-state index in [0.29, 0.717) is 11.1 Å². The van der Waals surface area contributed by atoms with E-state index < -0.39 is 7.92 Å². The van der Waals surface area contributed by atoms with Gasteiger partial charge in [0.15, 0.2) is 0 Å². The van der Waals surface area contributed by atoms with Gasteiger partial charge in [-0.1, -0.05) is 115 Å². The van der Waals surface area contributed by atoms with Crippen LogP contribution in [-0.4, -0.2) is 12.6 Å². The van der Waals surface area contributed by atoms with Crippen molar-refractivity contribution in [3.8, 4) is 0 Å². The van der Waals surface area contributed by atoms with Crippen molar-refractivity contribution in [1.82, 2.24) is 0 Å². The second-order valence-electron chi connectivity index (χ2n) is 6.76. The van der Waals surface area contributed by atoms with Gasteiger partial charge < -0.3 is 20.7 Å². The summed E-state index contributed by atoms with van der Waals surface area (Å²) < 4.78 is 0. The molecule has 2 nitrogen and oxygen atoms in total. The fourth-order valence-corrected chi connectivity index (χ4v) is 4.96. The van der Waals surface area contributed by atoms with Gasteiger partial charge in [0, 0.05) is 6.42 Å². The molecular weight excluding hydrogens is 470 g/mol. The Morgan fingerprint density at radius 2 is 0.848 bits per heavy atom. The second-order valence-corrected chi connectivity index (χ2v) is 8.98. The van der Waals surface area contributed by atoms with Gasteiger partial charge in [-0.3, -0.25) is 0 Å². The van der Waals surface area contributed by atoms with Crippen LogP contribution < -0.4 is 15.9 Å². The third kappa shape index (κ3) is 10.1. The molecule has 3 aromatic rings. The molecule has 33 heavy (non-hydrogen) atoms. The normalized spacial score (nSPS) is 11.7. The Balaban J connectivity index is 0.000000323. The first-order chi connectivity index (χ1) is 15.7. The van der Waals surface area contributed by atoms with Crippen LogP contribution in [0.4, 0.5) is 0 Å². The number of allylic oxidation sites excluding steroid dienone is 6. The van der Waals surface area contributed by atoms with Gasteiger partial charge in [0.2, 0.25) is 0 Å². The topological polar surface area (TPSA) is 34.1 Å². The average Bonchev–Trinajstić information content (AvgIpc) is 3.46. The van der Waals surface area contributed by atoms with E-state index in [4.69, 9.17) is 0 Å². The Kier molecular flexibility index (Phi) is 14.3. The Morgan fingerprint density at radius 3 is 1.06 bits per heavy atom. The number of hydrogen-bond acceptors (Lipinski definition) is 2. The summed E-state index contributed by atoms with van der Waals surface area (Å²) in [6.07, 6.45) is 13.2. The zero-order valence-electron chi connectivity index (χ0n) is 18.6. The van der Waals surface area contributed by atoms with E-state index in [2.05, 4.69) is 91.0 Å². The predicted molar refractivity (Wildman–Crippen MR) is 137 cm³/mol. The molecule has 4 heteroatoms. The Hall–Kier alpha value is -2.84. The predicted octanol–water partition coefficient (Wildman–Crippen LogP) is 5.30. The molecule has 0 N–H and O–H groups in total. The first-order valence-corrected chi connectivity index (χ1v) is 11.6. The first-order valence-electron chi connectivity index (χ1n) is 10.2. The SMILES string of the molecule is C/C([C-]=O)=C(\C)[C-]=O.[CH]1C=CC=C1.[Co+2].c1ccc(P(c2ccccc2)c2ccccc2)cc1. The van der Waals surface area contributed by atoms with Crippen LogP contribution in [0.3, 0.4) is 0 Å². The quantitative estimate of drug-likeness (QED) is 0.273. The fraction of sp³-hybridized carbons (Fsp3) is 0.0690. The summed E-state index contributed by atoms with van der Waals surface area (Å²) in [6, 6.07) is 32.3. The van der Waals surface area contributed by atoms with Crippen LogP contribution >= 0.6 is 7.92 Å². The van der Waals surface area contributed by atoms with Gasteiger partial charge in [0.1, 0.15) is 0 Å². The molecule has 0 spiro atoms. The fourth-order valence-electron chi connectivity index (χ4n) is 2.65. The number of hydrogen-bond donors (Lipinski definition) is 0. The molecule has 168 valence electrons. The first kappa shape index (κ1) is 28.2. The van der Waals surface area contributed by atoms with Crippen molar-refractivity contribution < 1.29 is 26.4 Å². The molecule has 0 saturated carbocycles. The van der Waals surface area contributed by atoms with Gasteiger partial charge >= 0.3 is 16.8 Å². The Morgan fingerprint density at radius 1 is 0.545 bits per heavy atom. The van der Waals surface area contributed by atoms with Crippen molar-refractivity contribution in [2.75, 3.05) is 0 Å². The number of benzene rings is 3. The van der Waals surface area contributed by atoms with Crippen molar-refractivity contribution in [2.24, 2.45) is 0 Å². The van der Waals surface area contributed by atoms with Crippen molar-refractivity contribution in [1.29, 1.82) is 0 Å². The van der Waals surface area contributed by atoms with E-state index in [1.807, 2.05) is 30.7 Å². The molecule has 0 saturated heterocycles. The summed E-state index contributed by atoms with van der Waals surface area (Å²) in [4.78, 5) is 19.5. The molecule has 0 fully saturated rings. The number of rotatable bonds is 5. The molecule has 0 amide bonds. The molecule has 0 heterocycles. The van der Waals surface area contributed by atoms with Crippen LogP contribution in [0.2, 0.25) is 0 Å². The van der Waals surface area contributed by atoms with Crippen molar-refractivity contribution in [2.45, 2.75) is 13.8 Å². The van der Waals surface area contributed by atoms with Crippen LogP contribution in [0.5, 0.6) is 0 Å². The molecule has 0 bridgehead atoms. The van der Waals surface area contributed by atoms with Gasteiger partial charge in [0.25, 0.3) is 0 Å². The van der Waals surface area contributed by atoms with Crippen molar-refractivity contribution >= 4 is 36.4 Å². The minimum atomic E-state index is -0.446. The molecule has 0 aliphatic heterocycles. The molecule has 3 aromatic carbocycles. The third-order valence-corrected chi connectivity index (χ3v) is 6.91. The maximum atomic E-state index is 9.74. The molecule has 4 rings (SSSR count). The van der Waals surface area contributed by atoms with Crippen molar-refractivity contribution in [3.05, 3.63) is 133 Å². The Labute approximate surface area is 209 Å². The third-order valence-electron chi connectivity index (χ3n) is 4.47. The van der Waals surface area contributed by atoms with Crippen LogP contribution in [-0.2, 0) is 26.4 Å². The van der Waals surface area contributed by atoms with E-state index in [0.717, 1.165) is 0 Å². The zero-order valence-corrected chi connectivity index (χ0v) is 20.6. The Bertz CT molecular complexity index is 923. The van der Waals surface area contributed by atoms with E-state index >= 15 is 0 Å². The molecule has 2 radical (unpaired) electrons. The molecule has 1 aliphatic rings. The molecular formula is C29H26CoO2P. The van der Waals surface area contributed by atoms with Gasteiger partial charge in [-0.15, -0.1) is 26.4 Å². The van der Waals surface area contributed by atoms with E-state index in [-0.39, 0.29) is 16.8 Å². The largest absolute Gasteiger partial charge is 2.00 e. The summed E-state index contributed by atoms with van der Waals surface area (Å²) in [5.41, 5.74) is 0.639. The van der Waals surface area contributed by atoms with Crippen molar-refractivity contribution in [3.63, 3.8) is 0 Å². The maximum absolute atomic E-state index is 9.74. The van der Waals surface area contributed by atoms with E-state index in [1.54, 1.807) is 12.6 Å². The summed E-state index contributed by atoms with van der Waals surface area (Å²) in [5.74, 6) is 0. The van der Waals surface area contributed by atoms with Crippen LogP contribution in [0.15, 0.2) is 126 Å². The molecule has 0 atom stereocenters. The van der Waals surface area contributed by atoms with Gasteiger partial charge in [0.05, 0.1) is 0 Å². The van der Waals surface area contributed by atoms with Gasteiger partial charge in [-0.2, -0.15) is 0 Å². The van der Waals surface area contributed by atoms with Crippen LogP contribution in [0.1, 0.15) is 13.8 Å². The van der Waals surface area contributed by atoms with Gasteiger partial charge in [-0.05, 0) is 23.8 Å². The zero-order chi connectivity index (χ0) is 23.0. The van der Waals surface area contributed by atoms with Crippen LogP contribution in [0.25, 0.3) is 0 Å². The summed E-state index contributed by atoms with van der Waals surface area (Å²) >= 11 is 0. The monoisotopic (exact) mass is 496 g/mol.